The highest BCUT2D eigenvalue weighted by molar-refractivity contribution is 6.31. The maximum atomic E-state index is 11.6. The minimum atomic E-state index is -0.522. The molecule has 2 aromatic carbocycles. The molecule has 9 heteroatoms. The number of benzene rings is 2. The predicted molar refractivity (Wildman–Crippen MR) is 108 cm³/mol. The molecule has 0 aliphatic rings. The Balaban J connectivity index is 1.83. The molecule has 3 rings (SSSR count). The van der Waals surface area contributed by atoms with Crippen LogP contribution in [0.1, 0.15) is 12.5 Å². The maximum Gasteiger partial charge on any atom is 0.353 e. The Labute approximate surface area is 166 Å². The first-order valence-electron chi connectivity index (χ1n) is 8.55. The molecule has 0 bridgehead atoms. The fraction of sp³-hybridized carbons (Fsp3) is 0.158. The molecule has 144 valence electrons. The van der Waals surface area contributed by atoms with Gasteiger partial charge in [0.15, 0.2) is 0 Å². The van der Waals surface area contributed by atoms with Crippen LogP contribution in [0.3, 0.4) is 0 Å². The van der Waals surface area contributed by atoms with Crippen molar-refractivity contribution in [2.75, 3.05) is 17.2 Å². The van der Waals surface area contributed by atoms with Gasteiger partial charge in [0.05, 0.1) is 11.5 Å². The van der Waals surface area contributed by atoms with Crippen molar-refractivity contribution in [1.29, 1.82) is 0 Å². The lowest BCUT2D eigenvalue weighted by Crippen LogP contribution is -2.08. The number of rotatable bonds is 8. The molecule has 0 atom stereocenters. The molecule has 3 aromatic rings. The fourth-order valence-corrected chi connectivity index (χ4v) is 2.73. The zero-order valence-corrected chi connectivity index (χ0v) is 15.8. The van der Waals surface area contributed by atoms with E-state index in [1.54, 1.807) is 30.3 Å². The number of nitrogens with zero attached hydrogens (tertiary/aromatic N) is 3. The summed E-state index contributed by atoms with van der Waals surface area (Å²) < 4.78 is 5.39. The van der Waals surface area contributed by atoms with Gasteiger partial charge in [-0.05, 0) is 42.8 Å². The van der Waals surface area contributed by atoms with Gasteiger partial charge in [-0.1, -0.05) is 29.8 Å². The van der Waals surface area contributed by atoms with Crippen LogP contribution >= 0.6 is 11.6 Å². The first-order chi connectivity index (χ1) is 13.6. The zero-order chi connectivity index (χ0) is 19.9. The molecule has 0 spiro atoms. The molecule has 2 N–H and O–H groups in total. The van der Waals surface area contributed by atoms with Gasteiger partial charge < -0.3 is 15.4 Å². The number of nitro groups is 1. The Bertz CT molecular complexity index is 966. The van der Waals surface area contributed by atoms with E-state index >= 15 is 0 Å². The molecule has 0 fully saturated rings. The van der Waals surface area contributed by atoms with Gasteiger partial charge in [0, 0.05) is 17.3 Å². The Hall–Kier alpha value is -3.39. The van der Waals surface area contributed by atoms with Crippen LogP contribution in [0.2, 0.25) is 5.02 Å². The highest BCUT2D eigenvalue weighted by Gasteiger charge is 2.23. The molecule has 0 saturated heterocycles. The third-order valence-corrected chi connectivity index (χ3v) is 4.21. The first kappa shape index (κ1) is 19.4. The van der Waals surface area contributed by atoms with E-state index < -0.39 is 4.92 Å². The van der Waals surface area contributed by atoms with Gasteiger partial charge in [0.1, 0.15) is 12.1 Å². The SMILES string of the molecule is CCOc1ccc(Nc2ncnc(NCc3ccccc3Cl)c2[N+](=O)[O-])cc1. The van der Waals surface area contributed by atoms with E-state index in [4.69, 9.17) is 16.3 Å². The van der Waals surface area contributed by atoms with Gasteiger partial charge in [-0.25, -0.2) is 9.97 Å². The van der Waals surface area contributed by atoms with E-state index in [2.05, 4.69) is 20.6 Å². The predicted octanol–water partition coefficient (Wildman–Crippen LogP) is 4.79. The topological polar surface area (TPSA) is 102 Å². The summed E-state index contributed by atoms with van der Waals surface area (Å²) in [6, 6.07) is 14.3. The Kier molecular flexibility index (Phi) is 6.23. The summed E-state index contributed by atoms with van der Waals surface area (Å²) in [6.45, 7) is 2.75. The van der Waals surface area contributed by atoms with Gasteiger partial charge in [0.2, 0.25) is 11.6 Å². The molecular weight excluding hydrogens is 382 g/mol. The Morgan fingerprint density at radius 2 is 1.82 bits per heavy atom. The molecule has 1 aromatic heterocycles. The van der Waals surface area contributed by atoms with E-state index in [0.29, 0.717) is 29.6 Å². The van der Waals surface area contributed by atoms with Crippen molar-refractivity contribution in [3.63, 3.8) is 0 Å². The summed E-state index contributed by atoms with van der Waals surface area (Å²) in [5, 5.41) is 18.1. The number of ether oxygens (including phenoxy) is 1. The van der Waals surface area contributed by atoms with Gasteiger partial charge >= 0.3 is 5.69 Å². The minimum absolute atomic E-state index is 0.0887. The lowest BCUT2D eigenvalue weighted by atomic mass is 10.2. The number of anilines is 3. The third-order valence-electron chi connectivity index (χ3n) is 3.84. The van der Waals surface area contributed by atoms with Crippen LogP contribution in [0.15, 0.2) is 54.9 Å². The normalized spacial score (nSPS) is 10.4. The number of halogens is 1. The number of hydrogen-bond donors (Lipinski definition) is 2. The molecule has 8 nitrogen and oxygen atoms in total. The fourth-order valence-electron chi connectivity index (χ4n) is 2.53. The Morgan fingerprint density at radius 1 is 1.11 bits per heavy atom. The summed E-state index contributed by atoms with van der Waals surface area (Å²) in [5.41, 5.74) is 1.20. The van der Waals surface area contributed by atoms with Gasteiger partial charge in [-0.3, -0.25) is 10.1 Å². The van der Waals surface area contributed by atoms with Crippen LogP contribution in [-0.4, -0.2) is 21.5 Å². The van der Waals surface area contributed by atoms with Crippen molar-refractivity contribution in [3.8, 4) is 5.75 Å². The summed E-state index contributed by atoms with van der Waals surface area (Å²) in [7, 11) is 0. The zero-order valence-electron chi connectivity index (χ0n) is 15.1. The molecule has 0 aliphatic carbocycles. The summed E-state index contributed by atoms with van der Waals surface area (Å²) >= 11 is 6.14. The second kappa shape index (κ2) is 9.01. The van der Waals surface area contributed by atoms with Gasteiger partial charge in [-0.15, -0.1) is 0 Å². The highest BCUT2D eigenvalue weighted by Crippen LogP contribution is 2.32. The molecule has 1 heterocycles. The van der Waals surface area contributed by atoms with Crippen molar-refractivity contribution in [3.05, 3.63) is 75.6 Å². The van der Waals surface area contributed by atoms with Crippen LogP contribution in [-0.2, 0) is 6.54 Å². The minimum Gasteiger partial charge on any atom is -0.494 e. The number of hydrogen-bond acceptors (Lipinski definition) is 7. The van der Waals surface area contributed by atoms with Crippen molar-refractivity contribution >= 4 is 34.6 Å². The second-order valence-electron chi connectivity index (χ2n) is 5.70. The summed E-state index contributed by atoms with van der Waals surface area (Å²) in [6.07, 6.45) is 1.26. The van der Waals surface area contributed by atoms with Crippen LogP contribution in [0.4, 0.5) is 23.0 Å². The number of nitrogens with one attached hydrogen (secondary N) is 2. The van der Waals surface area contributed by atoms with E-state index in [0.717, 1.165) is 5.56 Å². The lowest BCUT2D eigenvalue weighted by Gasteiger charge is -2.11. The number of aromatic nitrogens is 2. The summed E-state index contributed by atoms with van der Waals surface area (Å²) in [4.78, 5) is 19.2. The Morgan fingerprint density at radius 3 is 2.50 bits per heavy atom. The first-order valence-corrected chi connectivity index (χ1v) is 8.93. The van der Waals surface area contributed by atoms with Crippen molar-refractivity contribution < 1.29 is 9.66 Å². The molecule has 0 unspecified atom stereocenters. The molecule has 0 amide bonds. The molecule has 0 saturated carbocycles. The average molecular weight is 400 g/mol. The van der Waals surface area contributed by atoms with E-state index in [9.17, 15) is 10.1 Å². The quantitative estimate of drug-likeness (QED) is 0.414. The largest absolute Gasteiger partial charge is 0.494 e. The van der Waals surface area contributed by atoms with Crippen molar-refractivity contribution in [2.24, 2.45) is 0 Å². The molecular formula is C19H18ClN5O3. The van der Waals surface area contributed by atoms with Crippen LogP contribution < -0.4 is 15.4 Å². The van der Waals surface area contributed by atoms with E-state index in [1.807, 2.05) is 25.1 Å². The van der Waals surface area contributed by atoms with E-state index in [1.165, 1.54) is 6.33 Å². The van der Waals surface area contributed by atoms with Crippen LogP contribution in [0, 0.1) is 10.1 Å². The van der Waals surface area contributed by atoms with Crippen molar-refractivity contribution in [2.45, 2.75) is 13.5 Å². The van der Waals surface area contributed by atoms with Gasteiger partial charge in [0.25, 0.3) is 0 Å². The van der Waals surface area contributed by atoms with Crippen LogP contribution in [0.25, 0.3) is 0 Å². The smallest absolute Gasteiger partial charge is 0.353 e. The van der Waals surface area contributed by atoms with Gasteiger partial charge in [-0.2, -0.15) is 0 Å². The summed E-state index contributed by atoms with van der Waals surface area (Å²) in [5.74, 6) is 0.909. The molecule has 28 heavy (non-hydrogen) atoms. The monoisotopic (exact) mass is 399 g/mol. The van der Waals surface area contributed by atoms with E-state index in [-0.39, 0.29) is 17.3 Å². The molecule has 0 radical (unpaired) electrons. The van der Waals surface area contributed by atoms with Crippen molar-refractivity contribution in [1.82, 2.24) is 9.97 Å². The second-order valence-corrected chi connectivity index (χ2v) is 6.11. The lowest BCUT2D eigenvalue weighted by molar-refractivity contribution is -0.383. The average Bonchev–Trinajstić information content (AvgIpc) is 2.69. The molecule has 0 aliphatic heterocycles. The standard InChI is InChI=1S/C19H18ClN5O3/c1-2-28-15-9-7-14(8-10-15)24-19-17(25(26)27)18(22-12-23-19)21-11-13-5-3-4-6-16(13)20/h3-10,12H,2,11H2,1H3,(H2,21,22,23,24). The van der Waals surface area contributed by atoms with Crippen LogP contribution in [0.5, 0.6) is 5.75 Å². The maximum absolute atomic E-state index is 11.6. The third kappa shape index (κ3) is 4.66. The highest BCUT2D eigenvalue weighted by atomic mass is 35.5.